The zero-order valence-electron chi connectivity index (χ0n) is 14.4. The molecule has 0 aromatic heterocycles. The van der Waals surface area contributed by atoms with Crippen molar-refractivity contribution < 1.29 is 10.2 Å². The fraction of sp³-hybridized carbons (Fsp3) is 0.900. The van der Waals surface area contributed by atoms with Gasteiger partial charge in [0.25, 0.3) is 0 Å². The second-order valence-corrected chi connectivity index (χ2v) is 9.45. The highest BCUT2D eigenvalue weighted by atomic mass is 16.3. The van der Waals surface area contributed by atoms with Gasteiger partial charge in [0.15, 0.2) is 0 Å². The Labute approximate surface area is 135 Å². The Morgan fingerprint density at radius 2 is 1.68 bits per heavy atom. The van der Waals surface area contributed by atoms with E-state index in [-0.39, 0.29) is 16.9 Å². The monoisotopic (exact) mass is 304 g/mol. The molecule has 0 aromatic carbocycles. The summed E-state index contributed by atoms with van der Waals surface area (Å²) >= 11 is 0. The van der Waals surface area contributed by atoms with Crippen LogP contribution in [0.1, 0.15) is 65.7 Å². The molecular weight excluding hydrogens is 272 g/mol. The molecule has 0 saturated heterocycles. The topological polar surface area (TPSA) is 40.5 Å². The first-order valence-electron chi connectivity index (χ1n) is 9.38. The molecule has 3 fully saturated rings. The molecule has 2 heteroatoms. The van der Waals surface area contributed by atoms with Crippen LogP contribution in [0.25, 0.3) is 0 Å². The van der Waals surface area contributed by atoms with Crippen molar-refractivity contribution in [3.05, 3.63) is 12.2 Å². The summed E-state index contributed by atoms with van der Waals surface area (Å²) in [6.45, 7) is 6.89. The summed E-state index contributed by atoms with van der Waals surface area (Å²) in [6.07, 6.45) is 12.3. The maximum Gasteiger partial charge on any atom is 0.0724 e. The minimum Gasteiger partial charge on any atom is -0.390 e. The van der Waals surface area contributed by atoms with Gasteiger partial charge in [-0.1, -0.05) is 26.0 Å². The molecule has 0 amide bonds. The average molecular weight is 304 g/mol. The number of hydrogen-bond acceptors (Lipinski definition) is 2. The van der Waals surface area contributed by atoms with Crippen molar-refractivity contribution in [1.82, 2.24) is 0 Å². The minimum atomic E-state index is -0.473. The molecule has 0 radical (unpaired) electrons. The van der Waals surface area contributed by atoms with Crippen LogP contribution in [0.3, 0.4) is 0 Å². The number of allylic oxidation sites excluding steroid dienone is 1. The fourth-order valence-corrected chi connectivity index (χ4v) is 7.03. The first-order chi connectivity index (χ1) is 10.3. The summed E-state index contributed by atoms with van der Waals surface area (Å²) in [5.41, 5.74) is -0.0772. The highest BCUT2D eigenvalue weighted by molar-refractivity contribution is 5.18. The van der Waals surface area contributed by atoms with Crippen LogP contribution in [0.2, 0.25) is 0 Å². The summed E-state index contributed by atoms with van der Waals surface area (Å²) in [7, 11) is 0. The van der Waals surface area contributed by atoms with E-state index in [4.69, 9.17) is 0 Å². The molecule has 0 heterocycles. The molecule has 0 aliphatic heterocycles. The Morgan fingerprint density at radius 3 is 2.45 bits per heavy atom. The summed E-state index contributed by atoms with van der Waals surface area (Å²) in [5, 5.41) is 20.9. The van der Waals surface area contributed by atoms with Crippen LogP contribution >= 0.6 is 0 Å². The van der Waals surface area contributed by atoms with E-state index in [9.17, 15) is 10.2 Å². The molecule has 22 heavy (non-hydrogen) atoms. The molecule has 0 bridgehead atoms. The maximum atomic E-state index is 10.9. The van der Waals surface area contributed by atoms with E-state index in [0.717, 1.165) is 24.7 Å². The Bertz CT molecular complexity index is 496. The fourth-order valence-electron chi connectivity index (χ4n) is 7.03. The van der Waals surface area contributed by atoms with Gasteiger partial charge in [0.2, 0.25) is 0 Å². The van der Waals surface area contributed by atoms with Crippen molar-refractivity contribution in [3.8, 4) is 0 Å². The number of aliphatic hydroxyl groups excluding tert-OH is 1. The summed E-state index contributed by atoms with van der Waals surface area (Å²) in [6, 6.07) is 0. The molecule has 2 N–H and O–H groups in total. The molecule has 0 spiro atoms. The van der Waals surface area contributed by atoms with Crippen LogP contribution in [-0.4, -0.2) is 21.9 Å². The molecule has 3 saturated carbocycles. The van der Waals surface area contributed by atoms with Crippen LogP contribution in [-0.2, 0) is 0 Å². The molecule has 4 aliphatic carbocycles. The van der Waals surface area contributed by atoms with Gasteiger partial charge in [0, 0.05) is 0 Å². The average Bonchev–Trinajstić information content (AvgIpc) is 2.70. The van der Waals surface area contributed by atoms with Crippen molar-refractivity contribution >= 4 is 0 Å². The van der Waals surface area contributed by atoms with Crippen molar-refractivity contribution in [2.75, 3.05) is 0 Å². The zero-order valence-corrected chi connectivity index (χ0v) is 14.4. The molecule has 124 valence electrons. The highest BCUT2D eigenvalue weighted by Crippen LogP contribution is 2.67. The third-order valence-corrected chi connectivity index (χ3v) is 8.73. The smallest absolute Gasteiger partial charge is 0.0724 e. The van der Waals surface area contributed by atoms with Gasteiger partial charge >= 0.3 is 0 Å². The van der Waals surface area contributed by atoms with E-state index in [1.807, 2.05) is 0 Å². The maximum absolute atomic E-state index is 10.9. The van der Waals surface area contributed by atoms with Crippen molar-refractivity contribution in [3.63, 3.8) is 0 Å². The predicted octanol–water partition coefficient (Wildman–Crippen LogP) is 3.92. The zero-order chi connectivity index (χ0) is 15.8. The van der Waals surface area contributed by atoms with Gasteiger partial charge in [-0.2, -0.15) is 0 Å². The van der Waals surface area contributed by atoms with Gasteiger partial charge in [0.05, 0.1) is 11.7 Å². The van der Waals surface area contributed by atoms with E-state index in [1.165, 1.54) is 32.1 Å². The molecule has 4 aliphatic rings. The van der Waals surface area contributed by atoms with Crippen LogP contribution in [0.4, 0.5) is 0 Å². The summed E-state index contributed by atoms with van der Waals surface area (Å²) in [4.78, 5) is 0. The SMILES string of the molecule is C[C@]12C=C[C@@H](O)C[C@H]1CC[C@@H]1[C@@H]2CC[C@@]2(C)[C@H]1CC[C@]2(C)O. The van der Waals surface area contributed by atoms with E-state index in [2.05, 4.69) is 32.9 Å². The van der Waals surface area contributed by atoms with Crippen LogP contribution in [0, 0.1) is 34.5 Å². The number of aliphatic hydroxyl groups is 2. The van der Waals surface area contributed by atoms with E-state index >= 15 is 0 Å². The lowest BCUT2D eigenvalue weighted by Gasteiger charge is -2.60. The standard InChI is InChI=1S/C20H32O2/c1-18-9-6-14(21)12-13(18)4-5-15-16(18)7-10-19(2)17(15)8-11-20(19,3)22/h6,9,13-17,21-22H,4-5,7-8,10-12H2,1-3H3/t13-,14-,15-,16+,17+,18+,19+,20+/m1/s1. The summed E-state index contributed by atoms with van der Waals surface area (Å²) in [5.74, 6) is 2.87. The van der Waals surface area contributed by atoms with E-state index in [0.29, 0.717) is 11.8 Å². The molecule has 8 atom stereocenters. The third-order valence-electron chi connectivity index (χ3n) is 8.73. The Hall–Kier alpha value is -0.340. The summed E-state index contributed by atoms with van der Waals surface area (Å²) < 4.78 is 0. The first kappa shape index (κ1) is 15.2. The van der Waals surface area contributed by atoms with E-state index < -0.39 is 5.60 Å². The number of fused-ring (bicyclic) bond motifs is 5. The van der Waals surface area contributed by atoms with Crippen LogP contribution < -0.4 is 0 Å². The van der Waals surface area contributed by atoms with E-state index in [1.54, 1.807) is 0 Å². The Morgan fingerprint density at radius 1 is 0.955 bits per heavy atom. The molecule has 2 nitrogen and oxygen atoms in total. The molecular formula is C20H32O2. The highest BCUT2D eigenvalue weighted by Gasteiger charge is 2.62. The normalized spacial score (nSPS) is 60.5. The van der Waals surface area contributed by atoms with Gasteiger partial charge < -0.3 is 10.2 Å². The third kappa shape index (κ3) is 1.80. The minimum absolute atomic E-state index is 0.120. The van der Waals surface area contributed by atoms with Gasteiger partial charge in [-0.25, -0.2) is 0 Å². The first-order valence-corrected chi connectivity index (χ1v) is 9.38. The van der Waals surface area contributed by atoms with Gasteiger partial charge in [-0.15, -0.1) is 0 Å². The van der Waals surface area contributed by atoms with Crippen molar-refractivity contribution in [1.29, 1.82) is 0 Å². The van der Waals surface area contributed by atoms with Gasteiger partial charge in [-0.3, -0.25) is 0 Å². The lowest BCUT2D eigenvalue weighted by atomic mass is 9.45. The van der Waals surface area contributed by atoms with Crippen LogP contribution in [0.5, 0.6) is 0 Å². The Kier molecular flexibility index (Phi) is 3.18. The number of hydrogen-bond donors (Lipinski definition) is 2. The Balaban J connectivity index is 1.68. The quantitative estimate of drug-likeness (QED) is 0.666. The molecule has 4 rings (SSSR count). The van der Waals surface area contributed by atoms with Gasteiger partial charge in [0.1, 0.15) is 0 Å². The number of rotatable bonds is 0. The molecule has 0 aromatic rings. The molecule has 0 unspecified atom stereocenters. The lowest BCUT2D eigenvalue weighted by Crippen LogP contribution is -2.55. The lowest BCUT2D eigenvalue weighted by molar-refractivity contribution is -0.131. The van der Waals surface area contributed by atoms with Crippen molar-refractivity contribution in [2.45, 2.75) is 77.4 Å². The van der Waals surface area contributed by atoms with Crippen LogP contribution in [0.15, 0.2) is 12.2 Å². The van der Waals surface area contributed by atoms with Gasteiger partial charge in [-0.05, 0) is 86.4 Å². The predicted molar refractivity (Wildman–Crippen MR) is 88.3 cm³/mol. The largest absolute Gasteiger partial charge is 0.390 e. The second-order valence-electron chi connectivity index (χ2n) is 9.45. The second kappa shape index (κ2) is 4.60. The van der Waals surface area contributed by atoms with Crippen molar-refractivity contribution in [2.24, 2.45) is 34.5 Å².